The van der Waals surface area contributed by atoms with E-state index in [-0.39, 0.29) is 23.9 Å². The Morgan fingerprint density at radius 1 is 0.714 bits per heavy atom. The van der Waals surface area contributed by atoms with Crippen molar-refractivity contribution in [3.8, 4) is 0 Å². The lowest BCUT2D eigenvalue weighted by atomic mass is 10.1. The van der Waals surface area contributed by atoms with Gasteiger partial charge in [-0.25, -0.2) is 13.8 Å². The maximum atomic E-state index is 13.4. The zero-order chi connectivity index (χ0) is 24.5. The molecule has 0 aliphatic rings. The van der Waals surface area contributed by atoms with E-state index in [9.17, 15) is 13.2 Å². The Hall–Kier alpha value is -4.07. The van der Waals surface area contributed by atoms with Crippen molar-refractivity contribution in [3.63, 3.8) is 0 Å². The highest BCUT2D eigenvalue weighted by Crippen LogP contribution is 2.21. The SMILES string of the molecule is O=C(N/N=C/c1ccccc1)c1ccc(CN(Cc2ccccc2)S(=O)(=O)c2ccccc2)cc1. The lowest BCUT2D eigenvalue weighted by Gasteiger charge is -2.22. The van der Waals surface area contributed by atoms with Crippen LogP contribution in [0.3, 0.4) is 0 Å². The van der Waals surface area contributed by atoms with E-state index in [1.807, 2.05) is 60.7 Å². The second-order valence-electron chi connectivity index (χ2n) is 7.88. The normalized spacial score (nSPS) is 11.6. The largest absolute Gasteiger partial charge is 0.271 e. The average molecular weight is 484 g/mol. The van der Waals surface area contributed by atoms with Gasteiger partial charge < -0.3 is 0 Å². The molecule has 4 aromatic carbocycles. The predicted molar refractivity (Wildman–Crippen MR) is 137 cm³/mol. The summed E-state index contributed by atoms with van der Waals surface area (Å²) >= 11 is 0. The summed E-state index contributed by atoms with van der Waals surface area (Å²) in [4.78, 5) is 12.7. The minimum atomic E-state index is -3.73. The van der Waals surface area contributed by atoms with Crippen LogP contribution in [0.5, 0.6) is 0 Å². The van der Waals surface area contributed by atoms with E-state index >= 15 is 0 Å². The maximum Gasteiger partial charge on any atom is 0.271 e. The van der Waals surface area contributed by atoms with Crippen molar-refractivity contribution in [1.29, 1.82) is 0 Å². The van der Waals surface area contributed by atoms with E-state index in [2.05, 4.69) is 10.5 Å². The molecule has 0 spiro atoms. The summed E-state index contributed by atoms with van der Waals surface area (Å²) in [6.45, 7) is 0.398. The van der Waals surface area contributed by atoms with E-state index < -0.39 is 10.0 Å². The van der Waals surface area contributed by atoms with Crippen molar-refractivity contribution in [3.05, 3.63) is 138 Å². The number of nitrogens with zero attached hydrogens (tertiary/aromatic N) is 2. The van der Waals surface area contributed by atoms with Crippen LogP contribution >= 0.6 is 0 Å². The number of hydrazone groups is 1. The van der Waals surface area contributed by atoms with Crippen molar-refractivity contribution in [1.82, 2.24) is 9.73 Å². The van der Waals surface area contributed by atoms with Crippen LogP contribution < -0.4 is 5.43 Å². The van der Waals surface area contributed by atoms with Crippen LogP contribution in [0.1, 0.15) is 27.0 Å². The number of amides is 1. The van der Waals surface area contributed by atoms with Crippen molar-refractivity contribution in [2.24, 2.45) is 5.10 Å². The fraction of sp³-hybridized carbons (Fsp3) is 0.0714. The highest BCUT2D eigenvalue weighted by Gasteiger charge is 2.24. The van der Waals surface area contributed by atoms with Gasteiger partial charge in [-0.2, -0.15) is 9.41 Å². The van der Waals surface area contributed by atoms with E-state index in [1.165, 1.54) is 4.31 Å². The number of rotatable bonds is 9. The van der Waals surface area contributed by atoms with Gasteiger partial charge in [0.2, 0.25) is 10.0 Å². The number of sulfonamides is 1. The molecule has 4 aromatic rings. The minimum Gasteiger partial charge on any atom is -0.267 e. The van der Waals surface area contributed by atoms with Crippen molar-refractivity contribution in [2.75, 3.05) is 0 Å². The first-order valence-corrected chi connectivity index (χ1v) is 12.5. The second-order valence-corrected chi connectivity index (χ2v) is 9.82. The Morgan fingerprint density at radius 3 is 1.83 bits per heavy atom. The lowest BCUT2D eigenvalue weighted by molar-refractivity contribution is 0.0955. The zero-order valence-electron chi connectivity index (χ0n) is 19.0. The summed E-state index contributed by atoms with van der Waals surface area (Å²) in [6.07, 6.45) is 1.57. The third-order valence-corrected chi connectivity index (χ3v) is 7.14. The first-order chi connectivity index (χ1) is 17.0. The number of carbonyl (C=O) groups is 1. The molecule has 6 nitrogen and oxygen atoms in total. The highest BCUT2D eigenvalue weighted by atomic mass is 32.2. The van der Waals surface area contributed by atoms with Gasteiger partial charge in [0.25, 0.3) is 5.91 Å². The summed E-state index contributed by atoms with van der Waals surface area (Å²) in [5.74, 6) is -0.346. The minimum absolute atomic E-state index is 0.167. The average Bonchev–Trinajstić information content (AvgIpc) is 2.90. The van der Waals surface area contributed by atoms with Gasteiger partial charge in [-0.05, 0) is 41.0 Å². The molecule has 0 fully saturated rings. The molecule has 0 unspecified atom stereocenters. The molecule has 0 saturated carbocycles. The van der Waals surface area contributed by atoms with Gasteiger partial charge in [0.1, 0.15) is 0 Å². The van der Waals surface area contributed by atoms with Gasteiger partial charge >= 0.3 is 0 Å². The third-order valence-electron chi connectivity index (χ3n) is 5.34. The van der Waals surface area contributed by atoms with Gasteiger partial charge in [0.05, 0.1) is 11.1 Å². The molecule has 1 amide bonds. The molecule has 7 heteroatoms. The molecule has 0 atom stereocenters. The van der Waals surface area contributed by atoms with Crippen LogP contribution in [0.15, 0.2) is 125 Å². The molecule has 0 saturated heterocycles. The molecule has 1 N–H and O–H groups in total. The molecular weight excluding hydrogens is 458 g/mol. The number of carbonyl (C=O) groups excluding carboxylic acids is 1. The maximum absolute atomic E-state index is 13.4. The standard InChI is InChI=1S/C28H25N3O3S/c32-28(30-29-20-23-10-4-1-5-11-23)26-18-16-25(17-19-26)22-31(21-24-12-6-2-7-13-24)35(33,34)27-14-8-3-9-15-27/h1-20H,21-22H2,(H,30,32)/b29-20+. The van der Waals surface area contributed by atoms with Crippen LogP contribution in [0, 0.1) is 0 Å². The Labute approximate surface area is 205 Å². The number of nitrogens with one attached hydrogen (secondary N) is 1. The predicted octanol–water partition coefficient (Wildman–Crippen LogP) is 4.84. The van der Waals surface area contributed by atoms with Gasteiger partial charge in [-0.15, -0.1) is 0 Å². The van der Waals surface area contributed by atoms with Gasteiger partial charge in [-0.3, -0.25) is 4.79 Å². The fourth-order valence-electron chi connectivity index (χ4n) is 3.49. The smallest absolute Gasteiger partial charge is 0.267 e. The first kappa shape index (κ1) is 24.1. The summed E-state index contributed by atoms with van der Waals surface area (Å²) in [6, 6.07) is 34.2. The lowest BCUT2D eigenvalue weighted by Crippen LogP contribution is -2.30. The molecular formula is C28H25N3O3S. The summed E-state index contributed by atoms with van der Waals surface area (Å²) in [5.41, 5.74) is 5.47. The Morgan fingerprint density at radius 2 is 1.23 bits per heavy atom. The quantitative estimate of drug-likeness (QED) is 0.273. The fourth-order valence-corrected chi connectivity index (χ4v) is 4.93. The topological polar surface area (TPSA) is 78.8 Å². The molecule has 0 bridgehead atoms. The van der Waals surface area contributed by atoms with Gasteiger partial charge in [0.15, 0.2) is 0 Å². The van der Waals surface area contributed by atoms with E-state index in [0.717, 1.165) is 16.7 Å². The second kappa shape index (κ2) is 11.4. The zero-order valence-corrected chi connectivity index (χ0v) is 19.8. The van der Waals surface area contributed by atoms with Crippen LogP contribution in [0.4, 0.5) is 0 Å². The third kappa shape index (κ3) is 6.50. The molecule has 35 heavy (non-hydrogen) atoms. The molecule has 0 aliphatic heterocycles. The van der Waals surface area contributed by atoms with Crippen molar-refractivity contribution < 1.29 is 13.2 Å². The monoisotopic (exact) mass is 483 g/mol. The van der Waals surface area contributed by atoms with Crippen LogP contribution in [0.2, 0.25) is 0 Å². The van der Waals surface area contributed by atoms with Crippen LogP contribution in [-0.2, 0) is 23.1 Å². The van der Waals surface area contributed by atoms with Crippen LogP contribution in [-0.4, -0.2) is 24.8 Å². The summed E-state index contributed by atoms with van der Waals surface area (Å²) in [5, 5.41) is 3.99. The first-order valence-electron chi connectivity index (χ1n) is 11.1. The van der Waals surface area contributed by atoms with Crippen molar-refractivity contribution in [2.45, 2.75) is 18.0 Å². The molecule has 0 radical (unpaired) electrons. The number of hydrogen-bond donors (Lipinski definition) is 1. The Kier molecular flexibility index (Phi) is 7.82. The van der Waals surface area contributed by atoms with E-state index in [0.29, 0.717) is 5.56 Å². The van der Waals surface area contributed by atoms with E-state index in [4.69, 9.17) is 0 Å². The van der Waals surface area contributed by atoms with Gasteiger partial charge in [-0.1, -0.05) is 91.0 Å². The number of benzene rings is 4. The van der Waals surface area contributed by atoms with Crippen molar-refractivity contribution >= 4 is 22.1 Å². The molecule has 4 rings (SSSR count). The Bertz CT molecular complexity index is 1370. The summed E-state index contributed by atoms with van der Waals surface area (Å²) in [7, 11) is -3.73. The Balaban J connectivity index is 1.49. The molecule has 176 valence electrons. The van der Waals surface area contributed by atoms with E-state index in [1.54, 1.807) is 60.8 Å². The summed E-state index contributed by atoms with van der Waals surface area (Å²) < 4.78 is 28.2. The highest BCUT2D eigenvalue weighted by molar-refractivity contribution is 7.89. The molecule has 0 aliphatic carbocycles. The van der Waals surface area contributed by atoms with Gasteiger partial charge in [0, 0.05) is 18.7 Å². The molecule has 0 aromatic heterocycles. The number of hydrogen-bond acceptors (Lipinski definition) is 4. The van der Waals surface area contributed by atoms with Crippen LogP contribution in [0.25, 0.3) is 0 Å². The molecule has 0 heterocycles.